The van der Waals surface area contributed by atoms with Crippen molar-refractivity contribution in [1.29, 1.82) is 5.26 Å². The number of hydrogen-bond acceptors (Lipinski definition) is 3. The van der Waals surface area contributed by atoms with Gasteiger partial charge in [-0.25, -0.2) is 0 Å². The summed E-state index contributed by atoms with van der Waals surface area (Å²) >= 11 is 0. The fraction of sp³-hybridized carbons (Fsp3) is 0.462. The van der Waals surface area contributed by atoms with Gasteiger partial charge in [0.25, 0.3) is 0 Å². The van der Waals surface area contributed by atoms with Crippen molar-refractivity contribution in [3.63, 3.8) is 0 Å². The summed E-state index contributed by atoms with van der Waals surface area (Å²) in [5.74, 6) is 0.873. The Labute approximate surface area is 97.0 Å². The third-order valence-electron chi connectivity index (χ3n) is 2.47. The second kappa shape index (κ2) is 4.44. The number of nitriles is 1. The highest BCUT2D eigenvalue weighted by Crippen LogP contribution is 2.27. The Kier molecular flexibility index (Phi) is 3.44. The van der Waals surface area contributed by atoms with E-state index in [0.717, 1.165) is 22.6 Å². The standard InChI is InChI=1S/C13H18N2O/c1-9-7-12(16-5)10(2)6-11(9)15-13(3,4)8-14/h6-7,15H,1-5H3. The first-order valence-electron chi connectivity index (χ1n) is 5.24. The van der Waals surface area contributed by atoms with Crippen molar-refractivity contribution in [2.75, 3.05) is 12.4 Å². The van der Waals surface area contributed by atoms with Crippen LogP contribution in [0.5, 0.6) is 5.75 Å². The van der Waals surface area contributed by atoms with Crippen LogP contribution in [0.4, 0.5) is 5.69 Å². The molecule has 0 bridgehead atoms. The Bertz CT molecular complexity index is 430. The third-order valence-corrected chi connectivity index (χ3v) is 2.47. The molecule has 1 aromatic carbocycles. The lowest BCUT2D eigenvalue weighted by atomic mass is 10.0. The molecule has 0 amide bonds. The molecule has 0 radical (unpaired) electrons. The first-order valence-corrected chi connectivity index (χ1v) is 5.24. The van der Waals surface area contributed by atoms with Gasteiger partial charge in [-0.05, 0) is 51.0 Å². The normalized spacial score (nSPS) is 10.8. The van der Waals surface area contributed by atoms with Crippen molar-refractivity contribution < 1.29 is 4.74 Å². The maximum Gasteiger partial charge on any atom is 0.122 e. The molecule has 0 unspecified atom stereocenters. The van der Waals surface area contributed by atoms with Crippen molar-refractivity contribution in [1.82, 2.24) is 0 Å². The van der Waals surface area contributed by atoms with Crippen molar-refractivity contribution in [3.8, 4) is 11.8 Å². The van der Waals surface area contributed by atoms with E-state index in [9.17, 15) is 0 Å². The second-order valence-electron chi connectivity index (χ2n) is 4.50. The molecule has 0 aliphatic rings. The monoisotopic (exact) mass is 218 g/mol. The summed E-state index contributed by atoms with van der Waals surface area (Å²) < 4.78 is 5.24. The molecule has 0 saturated heterocycles. The number of hydrogen-bond donors (Lipinski definition) is 1. The lowest BCUT2D eigenvalue weighted by Crippen LogP contribution is -2.28. The van der Waals surface area contributed by atoms with Crippen LogP contribution in [0.3, 0.4) is 0 Å². The minimum absolute atomic E-state index is 0.564. The van der Waals surface area contributed by atoms with Gasteiger partial charge in [0.15, 0.2) is 0 Å². The SMILES string of the molecule is COc1cc(C)c(NC(C)(C)C#N)cc1C. The van der Waals surface area contributed by atoms with Gasteiger partial charge in [-0.3, -0.25) is 0 Å². The highest BCUT2D eigenvalue weighted by molar-refractivity contribution is 5.58. The average molecular weight is 218 g/mol. The van der Waals surface area contributed by atoms with Crippen molar-refractivity contribution >= 4 is 5.69 Å². The molecule has 86 valence electrons. The maximum absolute atomic E-state index is 8.98. The average Bonchev–Trinajstić information content (AvgIpc) is 2.22. The Morgan fingerprint density at radius 3 is 2.38 bits per heavy atom. The molecule has 1 aromatic rings. The van der Waals surface area contributed by atoms with E-state index in [1.165, 1.54) is 0 Å². The van der Waals surface area contributed by atoms with E-state index in [1.807, 2.05) is 39.8 Å². The van der Waals surface area contributed by atoms with Crippen LogP contribution in [0.2, 0.25) is 0 Å². The number of benzene rings is 1. The van der Waals surface area contributed by atoms with Crippen molar-refractivity contribution in [2.45, 2.75) is 33.2 Å². The van der Waals surface area contributed by atoms with Gasteiger partial charge in [-0.1, -0.05) is 0 Å². The molecule has 0 atom stereocenters. The van der Waals surface area contributed by atoms with Crippen LogP contribution in [0.1, 0.15) is 25.0 Å². The summed E-state index contributed by atoms with van der Waals surface area (Å²) in [5.41, 5.74) is 2.55. The van der Waals surface area contributed by atoms with Crippen LogP contribution in [-0.4, -0.2) is 12.6 Å². The lowest BCUT2D eigenvalue weighted by molar-refractivity contribution is 0.411. The van der Waals surface area contributed by atoms with Gasteiger partial charge in [0.1, 0.15) is 11.3 Å². The second-order valence-corrected chi connectivity index (χ2v) is 4.50. The predicted molar refractivity (Wildman–Crippen MR) is 65.8 cm³/mol. The maximum atomic E-state index is 8.98. The van der Waals surface area contributed by atoms with E-state index >= 15 is 0 Å². The predicted octanol–water partition coefficient (Wildman–Crippen LogP) is 3.03. The highest BCUT2D eigenvalue weighted by Gasteiger charge is 2.17. The molecule has 1 rings (SSSR count). The molecule has 3 heteroatoms. The number of nitrogens with one attached hydrogen (secondary N) is 1. The number of ether oxygens (including phenoxy) is 1. The molecule has 0 spiro atoms. The molecule has 0 aliphatic carbocycles. The molecular weight excluding hydrogens is 200 g/mol. The lowest BCUT2D eigenvalue weighted by Gasteiger charge is -2.21. The molecule has 16 heavy (non-hydrogen) atoms. The molecule has 1 N–H and O–H groups in total. The first kappa shape index (κ1) is 12.4. The number of anilines is 1. The summed E-state index contributed by atoms with van der Waals surface area (Å²) in [7, 11) is 1.66. The van der Waals surface area contributed by atoms with E-state index in [-0.39, 0.29) is 0 Å². The van der Waals surface area contributed by atoms with Gasteiger partial charge in [0.05, 0.1) is 13.2 Å². The zero-order chi connectivity index (χ0) is 12.3. The largest absolute Gasteiger partial charge is 0.496 e. The van der Waals surface area contributed by atoms with Crippen molar-refractivity contribution in [3.05, 3.63) is 23.3 Å². The van der Waals surface area contributed by atoms with E-state index in [0.29, 0.717) is 0 Å². The summed E-state index contributed by atoms with van der Waals surface area (Å²) in [6.45, 7) is 7.69. The third kappa shape index (κ3) is 2.66. The van der Waals surface area contributed by atoms with Crippen LogP contribution < -0.4 is 10.1 Å². The highest BCUT2D eigenvalue weighted by atomic mass is 16.5. The Morgan fingerprint density at radius 1 is 1.25 bits per heavy atom. The minimum atomic E-state index is -0.564. The van der Waals surface area contributed by atoms with Crippen LogP contribution >= 0.6 is 0 Å². The van der Waals surface area contributed by atoms with Crippen LogP contribution in [-0.2, 0) is 0 Å². The van der Waals surface area contributed by atoms with E-state index < -0.39 is 5.54 Å². The Balaban J connectivity index is 3.08. The molecular formula is C13H18N2O. The van der Waals surface area contributed by atoms with Crippen LogP contribution in [0.15, 0.2) is 12.1 Å². The van der Waals surface area contributed by atoms with E-state index in [4.69, 9.17) is 10.00 Å². The van der Waals surface area contributed by atoms with E-state index in [1.54, 1.807) is 7.11 Å². The van der Waals surface area contributed by atoms with Crippen LogP contribution in [0, 0.1) is 25.2 Å². The summed E-state index contributed by atoms with van der Waals surface area (Å²) in [6.07, 6.45) is 0. The topological polar surface area (TPSA) is 45.0 Å². The molecule has 0 aliphatic heterocycles. The number of aryl methyl sites for hydroxylation is 2. The number of rotatable bonds is 3. The van der Waals surface area contributed by atoms with Gasteiger partial charge < -0.3 is 10.1 Å². The van der Waals surface area contributed by atoms with Gasteiger partial charge in [-0.2, -0.15) is 5.26 Å². The summed E-state index contributed by atoms with van der Waals surface area (Å²) in [5, 5.41) is 12.2. The molecule has 0 aromatic heterocycles. The number of methoxy groups -OCH3 is 1. The molecule has 0 heterocycles. The van der Waals surface area contributed by atoms with Gasteiger partial charge in [-0.15, -0.1) is 0 Å². The molecule has 0 fully saturated rings. The van der Waals surface area contributed by atoms with Crippen LogP contribution in [0.25, 0.3) is 0 Å². The summed E-state index contributed by atoms with van der Waals surface area (Å²) in [4.78, 5) is 0. The summed E-state index contributed by atoms with van der Waals surface area (Å²) in [6, 6.07) is 6.21. The molecule has 3 nitrogen and oxygen atoms in total. The van der Waals surface area contributed by atoms with E-state index in [2.05, 4.69) is 11.4 Å². The zero-order valence-electron chi connectivity index (χ0n) is 10.5. The minimum Gasteiger partial charge on any atom is -0.496 e. The first-order chi connectivity index (χ1) is 7.39. The fourth-order valence-electron chi connectivity index (χ4n) is 1.51. The van der Waals surface area contributed by atoms with Gasteiger partial charge >= 0.3 is 0 Å². The Morgan fingerprint density at radius 2 is 1.88 bits per heavy atom. The zero-order valence-corrected chi connectivity index (χ0v) is 10.5. The molecule has 0 saturated carbocycles. The number of nitrogens with zero attached hydrogens (tertiary/aromatic N) is 1. The van der Waals surface area contributed by atoms with Gasteiger partial charge in [0, 0.05) is 5.69 Å². The smallest absolute Gasteiger partial charge is 0.122 e. The Hall–Kier alpha value is -1.69. The van der Waals surface area contributed by atoms with Gasteiger partial charge in [0.2, 0.25) is 0 Å². The fourth-order valence-corrected chi connectivity index (χ4v) is 1.51. The quantitative estimate of drug-likeness (QED) is 0.848. The van der Waals surface area contributed by atoms with Crippen molar-refractivity contribution in [2.24, 2.45) is 0 Å².